The number of carbonyl (C=O) groups is 2. The van der Waals surface area contributed by atoms with Gasteiger partial charge in [-0.05, 0) is 30.6 Å². The molecule has 0 aromatic heterocycles. The third-order valence-corrected chi connectivity index (χ3v) is 5.06. The van der Waals surface area contributed by atoms with Crippen LogP contribution in [0.25, 0.3) is 6.08 Å². The first-order chi connectivity index (χ1) is 12.2. The lowest BCUT2D eigenvalue weighted by Crippen LogP contribution is -2.45. The molecule has 4 nitrogen and oxygen atoms in total. The van der Waals surface area contributed by atoms with Crippen molar-refractivity contribution in [2.24, 2.45) is 11.8 Å². The first-order valence-corrected chi connectivity index (χ1v) is 8.57. The Balaban J connectivity index is 1.94. The molecule has 4 atom stereocenters. The van der Waals surface area contributed by atoms with Crippen molar-refractivity contribution in [3.05, 3.63) is 66.9 Å². The molecule has 3 rings (SSSR count). The van der Waals surface area contributed by atoms with Crippen molar-refractivity contribution in [1.29, 1.82) is 0 Å². The van der Waals surface area contributed by atoms with E-state index in [9.17, 15) is 9.59 Å². The van der Waals surface area contributed by atoms with Gasteiger partial charge in [-0.15, -0.1) is 6.58 Å². The minimum atomic E-state index is -0.372. The third kappa shape index (κ3) is 3.43. The van der Waals surface area contributed by atoms with E-state index in [1.165, 1.54) is 7.11 Å². The minimum Gasteiger partial charge on any atom is -0.467 e. The van der Waals surface area contributed by atoms with Crippen LogP contribution in [0.4, 0.5) is 0 Å². The maximum absolute atomic E-state index is 12.4. The fourth-order valence-electron chi connectivity index (χ4n) is 3.89. The van der Waals surface area contributed by atoms with Gasteiger partial charge >= 0.3 is 5.97 Å². The van der Waals surface area contributed by atoms with E-state index in [1.807, 2.05) is 53.6 Å². The van der Waals surface area contributed by atoms with Crippen LogP contribution in [0.2, 0.25) is 0 Å². The van der Waals surface area contributed by atoms with Crippen LogP contribution in [0.5, 0.6) is 0 Å². The molecule has 0 saturated carbocycles. The number of likely N-dealkylation sites (tertiary alicyclic amines) is 1. The summed E-state index contributed by atoms with van der Waals surface area (Å²) >= 11 is 0. The van der Waals surface area contributed by atoms with Gasteiger partial charge in [0.15, 0.2) is 5.78 Å². The number of methoxy groups -OCH3 is 1. The summed E-state index contributed by atoms with van der Waals surface area (Å²) in [7, 11) is 1.41. The number of rotatable bonds is 5. The number of hydrogen-bond donors (Lipinski definition) is 0. The van der Waals surface area contributed by atoms with E-state index >= 15 is 0 Å². The Bertz CT molecular complexity index is 707. The van der Waals surface area contributed by atoms with Crippen molar-refractivity contribution in [2.45, 2.75) is 24.9 Å². The minimum absolute atomic E-state index is 0.0421. The second kappa shape index (κ2) is 7.51. The number of ketones is 1. The highest BCUT2D eigenvalue weighted by molar-refractivity contribution is 5.94. The monoisotopic (exact) mass is 337 g/mol. The number of esters is 1. The van der Waals surface area contributed by atoms with Gasteiger partial charge in [0, 0.05) is 24.1 Å². The van der Waals surface area contributed by atoms with Crippen molar-refractivity contribution in [2.75, 3.05) is 7.11 Å². The van der Waals surface area contributed by atoms with Crippen molar-refractivity contribution in [3.63, 3.8) is 0 Å². The van der Waals surface area contributed by atoms with Crippen LogP contribution in [0, 0.1) is 11.8 Å². The number of carbonyl (C=O) groups excluding carboxylic acids is 2. The van der Waals surface area contributed by atoms with Gasteiger partial charge in [-0.1, -0.05) is 42.5 Å². The molecule has 1 heterocycles. The first-order valence-electron chi connectivity index (χ1n) is 8.57. The van der Waals surface area contributed by atoms with Crippen LogP contribution in [0.3, 0.4) is 0 Å². The zero-order chi connectivity index (χ0) is 17.8. The van der Waals surface area contributed by atoms with E-state index in [0.717, 1.165) is 5.56 Å². The maximum Gasteiger partial charge on any atom is 0.328 e. The van der Waals surface area contributed by atoms with Crippen LogP contribution in [-0.2, 0) is 14.3 Å². The zero-order valence-electron chi connectivity index (χ0n) is 14.4. The molecule has 130 valence electrons. The van der Waals surface area contributed by atoms with Crippen molar-refractivity contribution in [1.82, 2.24) is 4.90 Å². The van der Waals surface area contributed by atoms with Crippen molar-refractivity contribution >= 4 is 17.8 Å². The summed E-state index contributed by atoms with van der Waals surface area (Å²) in [6.07, 6.45) is 10.6. The predicted octanol–water partition coefficient (Wildman–Crippen LogP) is 3.22. The lowest BCUT2D eigenvalue weighted by molar-refractivity contribution is -0.145. The number of ether oxygens (including phenoxy) is 1. The molecule has 1 aromatic carbocycles. The fraction of sp³-hybridized carbons (Fsp3) is 0.333. The molecular weight excluding hydrogens is 314 g/mol. The molecule has 0 radical (unpaired) electrons. The molecule has 0 bridgehead atoms. The van der Waals surface area contributed by atoms with Crippen LogP contribution >= 0.6 is 0 Å². The summed E-state index contributed by atoms with van der Waals surface area (Å²) < 4.78 is 5.00. The topological polar surface area (TPSA) is 46.6 Å². The lowest BCUT2D eigenvalue weighted by atomic mass is 9.79. The average molecular weight is 337 g/mol. The SMILES string of the molecule is C=CC[C@@H]1C(=O)C=C[C@H]2C[C@@H](C(=O)OC)N(/C=C/c3ccccc3)[C@H]12. The molecule has 1 aromatic rings. The summed E-state index contributed by atoms with van der Waals surface area (Å²) in [6, 6.07) is 9.50. The molecule has 1 aliphatic heterocycles. The molecule has 1 saturated heterocycles. The van der Waals surface area contributed by atoms with E-state index in [1.54, 1.807) is 12.2 Å². The Labute approximate surface area is 148 Å². The molecule has 0 unspecified atom stereocenters. The largest absolute Gasteiger partial charge is 0.467 e. The molecule has 0 spiro atoms. The van der Waals surface area contributed by atoms with Crippen LogP contribution in [0.15, 0.2) is 61.3 Å². The van der Waals surface area contributed by atoms with Crippen molar-refractivity contribution < 1.29 is 14.3 Å². The molecule has 25 heavy (non-hydrogen) atoms. The van der Waals surface area contributed by atoms with Crippen LogP contribution in [-0.4, -0.2) is 35.8 Å². The highest BCUT2D eigenvalue weighted by Gasteiger charge is 2.48. The normalized spacial score (nSPS) is 28.2. The Hall–Kier alpha value is -2.62. The highest BCUT2D eigenvalue weighted by Crippen LogP contribution is 2.40. The highest BCUT2D eigenvalue weighted by atomic mass is 16.5. The molecule has 0 N–H and O–H groups in total. The van der Waals surface area contributed by atoms with Gasteiger partial charge in [-0.3, -0.25) is 4.79 Å². The first kappa shape index (κ1) is 17.2. The quantitative estimate of drug-likeness (QED) is 0.611. The van der Waals surface area contributed by atoms with Crippen molar-refractivity contribution in [3.8, 4) is 0 Å². The molecule has 2 aliphatic rings. The fourth-order valence-corrected chi connectivity index (χ4v) is 3.89. The second-order valence-electron chi connectivity index (χ2n) is 6.50. The number of hydrogen-bond acceptors (Lipinski definition) is 4. The number of fused-ring (bicyclic) bond motifs is 1. The summed E-state index contributed by atoms with van der Waals surface area (Å²) in [6.45, 7) is 3.79. The summed E-state index contributed by atoms with van der Waals surface area (Å²) in [4.78, 5) is 26.7. The molecule has 1 aliphatic carbocycles. The molecular formula is C21H23NO3. The zero-order valence-corrected chi connectivity index (χ0v) is 14.4. The average Bonchev–Trinajstić information content (AvgIpc) is 3.01. The molecule has 0 amide bonds. The summed E-state index contributed by atoms with van der Waals surface area (Å²) in [5.74, 6) is -0.176. The predicted molar refractivity (Wildman–Crippen MR) is 97.5 cm³/mol. The van der Waals surface area contributed by atoms with E-state index < -0.39 is 0 Å². The third-order valence-electron chi connectivity index (χ3n) is 5.06. The summed E-state index contributed by atoms with van der Waals surface area (Å²) in [5.41, 5.74) is 1.05. The van der Waals surface area contributed by atoms with Gasteiger partial charge in [0.2, 0.25) is 0 Å². The lowest BCUT2D eigenvalue weighted by Gasteiger charge is -2.35. The molecule has 4 heteroatoms. The van der Waals surface area contributed by atoms with E-state index in [2.05, 4.69) is 6.58 Å². The van der Waals surface area contributed by atoms with E-state index in [0.29, 0.717) is 12.8 Å². The van der Waals surface area contributed by atoms with Crippen LogP contribution < -0.4 is 0 Å². The smallest absolute Gasteiger partial charge is 0.328 e. The van der Waals surface area contributed by atoms with Gasteiger partial charge in [0.05, 0.1) is 7.11 Å². The van der Waals surface area contributed by atoms with Gasteiger partial charge in [0.25, 0.3) is 0 Å². The van der Waals surface area contributed by atoms with Gasteiger partial charge < -0.3 is 9.64 Å². The molecule has 1 fully saturated rings. The maximum atomic E-state index is 12.4. The Morgan fingerprint density at radius 3 is 2.80 bits per heavy atom. The van der Waals surface area contributed by atoms with Crippen LogP contribution in [0.1, 0.15) is 18.4 Å². The summed E-state index contributed by atoms with van der Waals surface area (Å²) in [5, 5.41) is 0. The number of allylic oxidation sites excluding steroid dienone is 2. The Kier molecular flexibility index (Phi) is 5.17. The Morgan fingerprint density at radius 1 is 1.36 bits per heavy atom. The number of nitrogens with zero attached hydrogens (tertiary/aromatic N) is 1. The second-order valence-corrected chi connectivity index (χ2v) is 6.50. The number of benzene rings is 1. The van der Waals surface area contributed by atoms with Gasteiger partial charge in [0.1, 0.15) is 6.04 Å². The van der Waals surface area contributed by atoms with Gasteiger partial charge in [-0.2, -0.15) is 0 Å². The standard InChI is InChI=1S/C21H23NO3/c1-3-7-17-19(23)11-10-16-14-18(21(24)25-2)22(20(16)17)13-12-15-8-5-4-6-9-15/h3-6,8-13,16-18,20H,1,7,14H2,2H3/b13-12+/t16-,17+,18-,20-/m0/s1. The Morgan fingerprint density at radius 2 is 2.12 bits per heavy atom. The van der Waals surface area contributed by atoms with E-state index in [-0.39, 0.29) is 35.7 Å². The van der Waals surface area contributed by atoms with Gasteiger partial charge in [-0.25, -0.2) is 4.79 Å². The van der Waals surface area contributed by atoms with E-state index in [4.69, 9.17) is 4.74 Å².